The lowest BCUT2D eigenvalue weighted by Crippen LogP contribution is -2.36. The van der Waals surface area contributed by atoms with Crippen LogP contribution in [-0.2, 0) is 6.42 Å². The SMILES string of the molecule is CN(C)C1CCN(c2ccc(N3CCc4cc(-c5ccc(F)cc5)sc4C3=O)cn2)C1.Cl. The molecule has 0 spiro atoms. The van der Waals surface area contributed by atoms with Crippen LogP contribution in [0.5, 0.6) is 0 Å². The molecular formula is C24H26ClFN4OS. The van der Waals surface area contributed by atoms with E-state index in [0.29, 0.717) is 12.6 Å². The number of carbonyl (C=O) groups excluding carboxylic acids is 1. The maximum Gasteiger partial charge on any atom is 0.268 e. The molecule has 1 fully saturated rings. The maximum atomic E-state index is 13.2. The Kier molecular flexibility index (Phi) is 6.51. The predicted octanol–water partition coefficient (Wildman–Crippen LogP) is 4.71. The lowest BCUT2D eigenvalue weighted by Gasteiger charge is -2.27. The van der Waals surface area contributed by atoms with Gasteiger partial charge in [0, 0.05) is 30.6 Å². The lowest BCUT2D eigenvalue weighted by molar-refractivity contribution is 0.0985. The monoisotopic (exact) mass is 472 g/mol. The van der Waals surface area contributed by atoms with Crippen molar-refractivity contribution in [3.8, 4) is 10.4 Å². The standard InChI is InChI=1S/C24H25FN4OS.ClH/c1-27(2)20-10-11-28(15-20)22-8-7-19(14-26-22)29-12-9-17-13-21(31-23(17)24(29)30)16-3-5-18(25)6-4-16;/h3-8,13-14,20H,9-12,15H2,1-2H3;1H. The summed E-state index contributed by atoms with van der Waals surface area (Å²) in [5, 5.41) is 0. The topological polar surface area (TPSA) is 39.7 Å². The Morgan fingerprint density at radius 1 is 1.12 bits per heavy atom. The van der Waals surface area contributed by atoms with Crippen LogP contribution in [0.25, 0.3) is 10.4 Å². The van der Waals surface area contributed by atoms with E-state index in [1.165, 1.54) is 23.5 Å². The van der Waals surface area contributed by atoms with Crippen LogP contribution < -0.4 is 9.80 Å². The van der Waals surface area contributed by atoms with E-state index < -0.39 is 0 Å². The Morgan fingerprint density at radius 2 is 1.91 bits per heavy atom. The van der Waals surface area contributed by atoms with Crippen molar-refractivity contribution in [3.63, 3.8) is 0 Å². The normalized spacial score (nSPS) is 18.1. The van der Waals surface area contributed by atoms with Gasteiger partial charge in [-0.25, -0.2) is 9.37 Å². The molecule has 1 amide bonds. The number of fused-ring (bicyclic) bond motifs is 1. The number of halogens is 2. The van der Waals surface area contributed by atoms with E-state index in [1.54, 1.807) is 12.1 Å². The van der Waals surface area contributed by atoms with Crippen molar-refractivity contribution >= 4 is 41.2 Å². The van der Waals surface area contributed by atoms with E-state index >= 15 is 0 Å². The molecule has 2 aliphatic rings. The maximum absolute atomic E-state index is 13.2. The molecule has 2 aromatic heterocycles. The van der Waals surface area contributed by atoms with E-state index in [4.69, 9.17) is 0 Å². The quantitative estimate of drug-likeness (QED) is 0.551. The van der Waals surface area contributed by atoms with Crippen LogP contribution in [0.1, 0.15) is 21.7 Å². The minimum Gasteiger partial charge on any atom is -0.355 e. The van der Waals surface area contributed by atoms with Crippen LogP contribution in [0.15, 0.2) is 48.7 Å². The van der Waals surface area contributed by atoms with Gasteiger partial charge in [-0.15, -0.1) is 23.7 Å². The molecule has 2 aliphatic heterocycles. The average molecular weight is 473 g/mol. The van der Waals surface area contributed by atoms with E-state index in [0.717, 1.165) is 58.3 Å². The zero-order valence-corrected chi connectivity index (χ0v) is 19.8. The van der Waals surface area contributed by atoms with Crippen LogP contribution in [0.3, 0.4) is 0 Å². The van der Waals surface area contributed by atoms with E-state index in [2.05, 4.69) is 34.9 Å². The predicted molar refractivity (Wildman–Crippen MR) is 131 cm³/mol. The van der Waals surface area contributed by atoms with Gasteiger partial charge < -0.3 is 14.7 Å². The molecular weight excluding hydrogens is 447 g/mol. The van der Waals surface area contributed by atoms with Crippen molar-refractivity contribution in [1.29, 1.82) is 0 Å². The van der Waals surface area contributed by atoms with Crippen molar-refractivity contribution in [1.82, 2.24) is 9.88 Å². The van der Waals surface area contributed by atoms with Gasteiger partial charge in [0.05, 0.1) is 16.8 Å². The van der Waals surface area contributed by atoms with Crippen LogP contribution >= 0.6 is 23.7 Å². The lowest BCUT2D eigenvalue weighted by atomic mass is 10.1. The van der Waals surface area contributed by atoms with Gasteiger partial charge in [0.1, 0.15) is 11.6 Å². The van der Waals surface area contributed by atoms with Crippen molar-refractivity contribution in [2.45, 2.75) is 18.9 Å². The summed E-state index contributed by atoms with van der Waals surface area (Å²) >= 11 is 1.48. The fraction of sp³-hybridized carbons (Fsp3) is 0.333. The van der Waals surface area contributed by atoms with Gasteiger partial charge in [0.25, 0.3) is 5.91 Å². The summed E-state index contributed by atoms with van der Waals surface area (Å²) in [4.78, 5) is 26.0. The summed E-state index contributed by atoms with van der Waals surface area (Å²) in [6.07, 6.45) is 3.76. The summed E-state index contributed by atoms with van der Waals surface area (Å²) in [5.74, 6) is 0.727. The number of anilines is 2. The zero-order chi connectivity index (χ0) is 21.5. The molecule has 5 nitrogen and oxygen atoms in total. The summed E-state index contributed by atoms with van der Waals surface area (Å²) in [5.41, 5.74) is 2.84. The first kappa shape index (κ1) is 22.7. The third kappa shape index (κ3) is 4.25. The highest BCUT2D eigenvalue weighted by atomic mass is 35.5. The fourth-order valence-corrected chi connectivity index (χ4v) is 5.52. The number of rotatable bonds is 4. The number of thiophene rings is 1. The van der Waals surface area contributed by atoms with Crippen LogP contribution in [-0.4, -0.2) is 55.6 Å². The van der Waals surface area contributed by atoms with Crippen molar-refractivity contribution < 1.29 is 9.18 Å². The number of carbonyl (C=O) groups is 1. The molecule has 5 rings (SSSR count). The second kappa shape index (κ2) is 9.17. The highest BCUT2D eigenvalue weighted by Gasteiger charge is 2.29. The molecule has 1 atom stereocenters. The first-order valence-electron chi connectivity index (χ1n) is 10.6. The Morgan fingerprint density at radius 3 is 2.56 bits per heavy atom. The summed E-state index contributed by atoms with van der Waals surface area (Å²) in [6, 6.07) is 13.1. The Labute approximate surface area is 197 Å². The number of hydrogen-bond acceptors (Lipinski definition) is 5. The second-order valence-electron chi connectivity index (χ2n) is 8.41. The smallest absolute Gasteiger partial charge is 0.268 e. The molecule has 4 heterocycles. The van der Waals surface area contributed by atoms with Crippen molar-refractivity contribution in [2.24, 2.45) is 0 Å². The molecule has 0 N–H and O–H groups in total. The molecule has 1 unspecified atom stereocenters. The fourth-order valence-electron chi connectivity index (χ4n) is 4.35. The second-order valence-corrected chi connectivity index (χ2v) is 9.46. The molecule has 0 saturated carbocycles. The van der Waals surface area contributed by atoms with Gasteiger partial charge >= 0.3 is 0 Å². The number of nitrogens with zero attached hydrogens (tertiary/aromatic N) is 4. The van der Waals surface area contributed by atoms with Crippen LogP contribution in [0.4, 0.5) is 15.9 Å². The van der Waals surface area contributed by atoms with Crippen molar-refractivity contribution in [3.05, 3.63) is 64.9 Å². The molecule has 168 valence electrons. The van der Waals surface area contributed by atoms with E-state index in [1.807, 2.05) is 23.2 Å². The number of hydrogen-bond donors (Lipinski definition) is 0. The summed E-state index contributed by atoms with van der Waals surface area (Å²) < 4.78 is 13.2. The van der Waals surface area contributed by atoms with Gasteiger partial charge in [-0.2, -0.15) is 0 Å². The molecule has 0 aliphatic carbocycles. The average Bonchev–Trinajstić information content (AvgIpc) is 3.43. The molecule has 0 radical (unpaired) electrons. The number of benzene rings is 1. The first-order valence-corrected chi connectivity index (χ1v) is 11.4. The molecule has 8 heteroatoms. The largest absolute Gasteiger partial charge is 0.355 e. The summed E-state index contributed by atoms with van der Waals surface area (Å²) in [6.45, 7) is 2.62. The van der Waals surface area contributed by atoms with Gasteiger partial charge in [-0.05, 0) is 68.4 Å². The highest BCUT2D eigenvalue weighted by molar-refractivity contribution is 7.17. The molecule has 3 aromatic rings. The Hall–Kier alpha value is -2.48. The molecule has 1 aromatic carbocycles. The number of likely N-dealkylation sites (N-methyl/N-ethyl adjacent to an activating group) is 1. The zero-order valence-electron chi connectivity index (χ0n) is 18.1. The molecule has 0 bridgehead atoms. The molecule has 1 saturated heterocycles. The number of pyridine rings is 1. The Balaban J connectivity index is 0.00000245. The van der Waals surface area contributed by atoms with Gasteiger partial charge in [-0.3, -0.25) is 4.79 Å². The van der Waals surface area contributed by atoms with Gasteiger partial charge in [-0.1, -0.05) is 12.1 Å². The number of amides is 1. The molecule has 32 heavy (non-hydrogen) atoms. The van der Waals surface area contributed by atoms with Crippen molar-refractivity contribution in [2.75, 3.05) is 43.5 Å². The minimum atomic E-state index is -0.255. The third-order valence-corrected chi connectivity index (χ3v) is 7.46. The highest BCUT2D eigenvalue weighted by Crippen LogP contribution is 2.36. The summed E-state index contributed by atoms with van der Waals surface area (Å²) in [7, 11) is 4.24. The number of aromatic nitrogens is 1. The van der Waals surface area contributed by atoms with Gasteiger partial charge in [0.2, 0.25) is 0 Å². The van der Waals surface area contributed by atoms with Crippen LogP contribution in [0.2, 0.25) is 0 Å². The van der Waals surface area contributed by atoms with Crippen LogP contribution in [0, 0.1) is 5.82 Å². The Bertz CT molecular complexity index is 1100. The first-order chi connectivity index (χ1) is 15.0. The minimum absolute atomic E-state index is 0. The third-order valence-electron chi connectivity index (χ3n) is 6.24. The van der Waals surface area contributed by atoms with E-state index in [9.17, 15) is 9.18 Å². The van der Waals surface area contributed by atoms with E-state index in [-0.39, 0.29) is 24.1 Å². The van der Waals surface area contributed by atoms with Gasteiger partial charge in [0.15, 0.2) is 0 Å².